The van der Waals surface area contributed by atoms with Gasteiger partial charge in [0.1, 0.15) is 5.65 Å². The largest absolute Gasteiger partial charge is 0.352 e. The lowest BCUT2D eigenvalue weighted by atomic mass is 10.1. The molecule has 0 atom stereocenters. The van der Waals surface area contributed by atoms with Crippen molar-refractivity contribution in [2.75, 3.05) is 0 Å². The second-order valence-corrected chi connectivity index (χ2v) is 8.51. The number of aryl methyl sites for hydroxylation is 2. The van der Waals surface area contributed by atoms with Gasteiger partial charge in [-0.2, -0.15) is 10.1 Å². The highest BCUT2D eigenvalue weighted by molar-refractivity contribution is 5.88. The summed E-state index contributed by atoms with van der Waals surface area (Å²) in [6, 6.07) is 19.8. The first-order valence-electron chi connectivity index (χ1n) is 11.7. The molecule has 0 saturated carbocycles. The quantitative estimate of drug-likeness (QED) is 0.379. The molecule has 5 rings (SSSR count). The SMILES string of the molecule is CCCCn1c(=O)nc2n(-c3ccc(CC)cc3)c3c(cc-2c1=O)c(C)nn3-c1ccccc1. The molecule has 0 bridgehead atoms. The highest BCUT2D eigenvalue weighted by Gasteiger charge is 2.24. The van der Waals surface area contributed by atoms with E-state index in [1.807, 2.05) is 71.6 Å². The van der Waals surface area contributed by atoms with E-state index in [4.69, 9.17) is 5.10 Å². The molecule has 0 N–H and O–H groups in total. The zero-order chi connectivity index (χ0) is 23.8. The number of hydrogen-bond acceptors (Lipinski definition) is 4. The van der Waals surface area contributed by atoms with Gasteiger partial charge in [0.15, 0.2) is 5.82 Å². The third-order valence-electron chi connectivity index (χ3n) is 6.28. The summed E-state index contributed by atoms with van der Waals surface area (Å²) < 4.78 is 5.00. The smallest absolute Gasteiger partial charge is 0.278 e. The molecule has 0 aliphatic carbocycles. The molecular weight excluding hydrogens is 426 g/mol. The van der Waals surface area contributed by atoms with Crippen LogP contribution in [0.5, 0.6) is 0 Å². The van der Waals surface area contributed by atoms with Gasteiger partial charge < -0.3 is 0 Å². The minimum Gasteiger partial charge on any atom is -0.278 e. The third-order valence-corrected chi connectivity index (χ3v) is 6.28. The number of fused-ring (bicyclic) bond motifs is 2. The van der Waals surface area contributed by atoms with Crippen LogP contribution in [0.1, 0.15) is 37.9 Å². The predicted molar refractivity (Wildman–Crippen MR) is 134 cm³/mol. The molecule has 3 heterocycles. The molecule has 0 fully saturated rings. The van der Waals surface area contributed by atoms with E-state index in [0.717, 1.165) is 47.4 Å². The van der Waals surface area contributed by atoms with E-state index >= 15 is 0 Å². The fourth-order valence-corrected chi connectivity index (χ4v) is 4.38. The molecule has 1 aromatic heterocycles. The highest BCUT2D eigenvalue weighted by Crippen LogP contribution is 2.31. The first kappa shape index (κ1) is 21.8. The maximum atomic E-state index is 13.5. The Balaban J connectivity index is 1.93. The van der Waals surface area contributed by atoms with E-state index in [1.54, 1.807) is 0 Å². The van der Waals surface area contributed by atoms with Gasteiger partial charge in [0.05, 0.1) is 16.9 Å². The molecule has 7 nitrogen and oxygen atoms in total. The second kappa shape index (κ2) is 8.74. The van der Waals surface area contributed by atoms with Crippen LogP contribution in [0.25, 0.3) is 33.8 Å². The summed E-state index contributed by atoms with van der Waals surface area (Å²) in [5.41, 5.74) is 4.05. The number of hydrogen-bond donors (Lipinski definition) is 0. The van der Waals surface area contributed by atoms with Crippen LogP contribution >= 0.6 is 0 Å². The maximum absolute atomic E-state index is 13.5. The first-order valence-corrected chi connectivity index (χ1v) is 11.7. The van der Waals surface area contributed by atoms with Crippen LogP contribution in [0.15, 0.2) is 70.3 Å². The lowest BCUT2D eigenvalue weighted by Gasteiger charge is -2.19. The Kier molecular flexibility index (Phi) is 5.61. The van der Waals surface area contributed by atoms with Crippen molar-refractivity contribution in [3.63, 3.8) is 0 Å². The fraction of sp³-hybridized carbons (Fsp3) is 0.259. The van der Waals surface area contributed by atoms with E-state index in [1.165, 1.54) is 10.1 Å². The van der Waals surface area contributed by atoms with Crippen LogP contribution in [0, 0.1) is 6.92 Å². The summed E-state index contributed by atoms with van der Waals surface area (Å²) in [5, 5.41) is 5.65. The zero-order valence-corrected chi connectivity index (χ0v) is 19.7. The molecule has 34 heavy (non-hydrogen) atoms. The standard InChI is InChI=1S/C27H27N5O2/c1-4-6-16-30-26(33)23-17-22-18(3)29-32(21-10-8-7-9-11-21)25(22)31(24(23)28-27(30)34)20-14-12-19(5-2)13-15-20/h7-15,17H,4-6,16H2,1-3H3. The molecule has 0 saturated heterocycles. The van der Waals surface area contributed by atoms with Gasteiger partial charge in [-0.3, -0.25) is 13.9 Å². The van der Waals surface area contributed by atoms with Gasteiger partial charge in [0, 0.05) is 17.6 Å². The molecule has 2 aliphatic rings. The van der Waals surface area contributed by atoms with E-state index in [2.05, 4.69) is 24.0 Å². The summed E-state index contributed by atoms with van der Waals surface area (Å²) in [7, 11) is 0. The van der Waals surface area contributed by atoms with E-state index in [9.17, 15) is 9.59 Å². The monoisotopic (exact) mass is 453 g/mol. The minimum atomic E-state index is -0.522. The number of pyridine rings is 1. The normalized spacial score (nSPS) is 11.5. The van der Waals surface area contributed by atoms with Crippen LogP contribution in [-0.4, -0.2) is 23.9 Å². The van der Waals surface area contributed by atoms with Crippen molar-refractivity contribution in [2.45, 2.75) is 46.6 Å². The van der Waals surface area contributed by atoms with Gasteiger partial charge in [-0.05, 0) is 55.7 Å². The molecule has 3 aromatic rings. The van der Waals surface area contributed by atoms with E-state index < -0.39 is 5.69 Å². The van der Waals surface area contributed by atoms with Crippen molar-refractivity contribution >= 4 is 11.0 Å². The summed E-state index contributed by atoms with van der Waals surface area (Å²) in [4.78, 5) is 30.8. The summed E-state index contributed by atoms with van der Waals surface area (Å²) in [5.74, 6) is 0.344. The van der Waals surface area contributed by atoms with E-state index in [-0.39, 0.29) is 5.56 Å². The van der Waals surface area contributed by atoms with Crippen LogP contribution in [0.4, 0.5) is 0 Å². The van der Waals surface area contributed by atoms with Crippen molar-refractivity contribution in [2.24, 2.45) is 0 Å². The van der Waals surface area contributed by atoms with Crippen molar-refractivity contribution in [3.8, 4) is 22.8 Å². The Bertz CT molecular complexity index is 1560. The third kappa shape index (κ3) is 3.53. The average Bonchev–Trinajstić information content (AvgIpc) is 3.19. The molecule has 0 amide bonds. The lowest BCUT2D eigenvalue weighted by Crippen LogP contribution is -2.38. The van der Waals surface area contributed by atoms with Gasteiger partial charge in [-0.1, -0.05) is 50.6 Å². The van der Waals surface area contributed by atoms with Crippen molar-refractivity contribution in [3.05, 3.63) is 92.8 Å². The van der Waals surface area contributed by atoms with Crippen molar-refractivity contribution in [1.29, 1.82) is 0 Å². The van der Waals surface area contributed by atoms with Crippen molar-refractivity contribution in [1.82, 2.24) is 23.9 Å². The number of nitrogens with zero attached hydrogens (tertiary/aromatic N) is 5. The van der Waals surface area contributed by atoms with Gasteiger partial charge in [0.2, 0.25) is 0 Å². The minimum absolute atomic E-state index is 0.309. The summed E-state index contributed by atoms with van der Waals surface area (Å²) >= 11 is 0. The molecule has 0 unspecified atom stereocenters. The Hall–Kier alpha value is -4.00. The Morgan fingerprint density at radius 2 is 1.65 bits per heavy atom. The second-order valence-electron chi connectivity index (χ2n) is 8.51. The highest BCUT2D eigenvalue weighted by atomic mass is 16.2. The molecule has 7 heteroatoms. The van der Waals surface area contributed by atoms with Gasteiger partial charge >= 0.3 is 5.69 Å². The number of benzene rings is 2. The summed E-state index contributed by atoms with van der Waals surface area (Å²) in [6.45, 7) is 6.44. The van der Waals surface area contributed by atoms with Crippen LogP contribution in [0.2, 0.25) is 0 Å². The number of para-hydroxylation sites is 1. The number of aromatic nitrogens is 5. The number of unbranched alkanes of at least 4 members (excludes halogenated alkanes) is 1. The molecule has 0 spiro atoms. The van der Waals surface area contributed by atoms with Crippen LogP contribution in [0.3, 0.4) is 0 Å². The van der Waals surface area contributed by atoms with Crippen molar-refractivity contribution < 1.29 is 0 Å². The fourth-order valence-electron chi connectivity index (χ4n) is 4.38. The van der Waals surface area contributed by atoms with Crippen LogP contribution < -0.4 is 11.2 Å². The Morgan fingerprint density at radius 1 is 0.912 bits per heavy atom. The molecular formula is C27H27N5O2. The average molecular weight is 454 g/mol. The van der Waals surface area contributed by atoms with Gasteiger partial charge in [0.25, 0.3) is 5.56 Å². The first-order chi connectivity index (χ1) is 16.5. The number of rotatable bonds is 6. The van der Waals surface area contributed by atoms with Crippen LogP contribution in [-0.2, 0) is 13.0 Å². The van der Waals surface area contributed by atoms with E-state index in [0.29, 0.717) is 17.9 Å². The lowest BCUT2D eigenvalue weighted by molar-refractivity contribution is 0.582. The van der Waals surface area contributed by atoms with Gasteiger partial charge in [-0.15, -0.1) is 0 Å². The Labute approximate surface area is 197 Å². The molecule has 2 aliphatic heterocycles. The Morgan fingerprint density at radius 3 is 2.32 bits per heavy atom. The molecule has 172 valence electrons. The topological polar surface area (TPSA) is 74.7 Å². The van der Waals surface area contributed by atoms with Gasteiger partial charge in [-0.25, -0.2) is 9.48 Å². The zero-order valence-electron chi connectivity index (χ0n) is 19.7. The molecule has 0 radical (unpaired) electrons. The molecule has 2 aromatic carbocycles. The maximum Gasteiger partial charge on any atom is 0.352 e. The predicted octanol–water partition coefficient (Wildman–Crippen LogP) is 4.51. The summed E-state index contributed by atoms with van der Waals surface area (Å²) in [6.07, 6.45) is 2.55.